The Bertz CT molecular complexity index is 472. The van der Waals surface area contributed by atoms with E-state index in [-0.39, 0.29) is 17.4 Å². The summed E-state index contributed by atoms with van der Waals surface area (Å²) < 4.78 is 32.9. The van der Waals surface area contributed by atoms with Gasteiger partial charge in [-0.05, 0) is 37.8 Å². The molecule has 2 fully saturated rings. The minimum Gasteiger partial charge on any atom is -0.380 e. The largest absolute Gasteiger partial charge is 0.380 e. The number of ether oxygens (including phenoxy) is 1. The summed E-state index contributed by atoms with van der Waals surface area (Å²) in [6.45, 7) is 0.544. The molecule has 2 aliphatic rings. The molecule has 1 saturated heterocycles. The number of hydrogen-bond donors (Lipinski definition) is 1. The Morgan fingerprint density at radius 2 is 1.95 bits per heavy atom. The highest BCUT2D eigenvalue weighted by Gasteiger charge is 2.40. The van der Waals surface area contributed by atoms with Gasteiger partial charge in [-0.25, -0.2) is 8.78 Å². The van der Waals surface area contributed by atoms with Crippen LogP contribution in [-0.4, -0.2) is 18.2 Å². The molecule has 2 nitrogen and oxygen atoms in total. The Hall–Kier alpha value is -1.16. The van der Waals surface area contributed by atoms with Gasteiger partial charge in [0.25, 0.3) is 0 Å². The van der Waals surface area contributed by atoms with Crippen LogP contribution in [0.25, 0.3) is 0 Å². The van der Waals surface area contributed by atoms with Gasteiger partial charge in [-0.2, -0.15) is 0 Å². The van der Waals surface area contributed by atoms with Crippen molar-refractivity contribution < 1.29 is 13.5 Å². The summed E-state index contributed by atoms with van der Waals surface area (Å²) in [6.07, 6.45) is 8.32. The van der Waals surface area contributed by atoms with E-state index in [9.17, 15) is 8.78 Å². The highest BCUT2D eigenvalue weighted by molar-refractivity contribution is 5.45. The summed E-state index contributed by atoms with van der Waals surface area (Å²) in [5.74, 6) is -1.62. The first kappa shape index (κ1) is 13.8. The molecule has 1 spiro atoms. The molecule has 0 bridgehead atoms. The zero-order valence-corrected chi connectivity index (χ0v) is 11.6. The van der Waals surface area contributed by atoms with Gasteiger partial charge in [-0.15, -0.1) is 0 Å². The number of nitrogens with one attached hydrogen (secondary N) is 1. The average molecular weight is 281 g/mol. The predicted octanol–water partition coefficient (Wildman–Crippen LogP) is 4.26. The highest BCUT2D eigenvalue weighted by atomic mass is 19.2. The maximum absolute atomic E-state index is 13.5. The minimum absolute atomic E-state index is 0.0745. The van der Waals surface area contributed by atoms with Crippen molar-refractivity contribution in [2.24, 2.45) is 0 Å². The summed E-state index contributed by atoms with van der Waals surface area (Å²) in [4.78, 5) is 0. The quantitative estimate of drug-likeness (QED) is 0.894. The number of rotatable bonds is 3. The molecule has 1 N–H and O–H groups in total. The fraction of sp³-hybridized carbons (Fsp3) is 0.625. The van der Waals surface area contributed by atoms with Crippen molar-refractivity contribution in [3.63, 3.8) is 0 Å². The summed E-state index contributed by atoms with van der Waals surface area (Å²) in [7, 11) is 0. The van der Waals surface area contributed by atoms with E-state index in [1.165, 1.54) is 25.3 Å². The topological polar surface area (TPSA) is 21.3 Å². The van der Waals surface area contributed by atoms with Crippen molar-refractivity contribution in [1.82, 2.24) is 0 Å². The Morgan fingerprint density at radius 1 is 1.15 bits per heavy atom. The van der Waals surface area contributed by atoms with Crippen LogP contribution in [0, 0.1) is 11.6 Å². The summed E-state index contributed by atoms with van der Waals surface area (Å²) in [6, 6.07) is 4.20. The lowest BCUT2D eigenvalue weighted by Crippen LogP contribution is -2.33. The van der Waals surface area contributed by atoms with Crippen LogP contribution in [-0.2, 0) is 4.74 Å². The molecular formula is C16H21F2NO. The SMILES string of the molecule is Fc1cccc(NCC2CCC3(CCCCC3)O2)c1F. The molecule has 4 heteroatoms. The first-order chi connectivity index (χ1) is 9.69. The molecule has 1 aromatic carbocycles. The second kappa shape index (κ2) is 5.68. The molecule has 0 radical (unpaired) electrons. The van der Waals surface area contributed by atoms with Crippen molar-refractivity contribution in [3.05, 3.63) is 29.8 Å². The van der Waals surface area contributed by atoms with E-state index < -0.39 is 11.6 Å². The van der Waals surface area contributed by atoms with Crippen LogP contribution >= 0.6 is 0 Å². The van der Waals surface area contributed by atoms with Crippen LogP contribution < -0.4 is 5.32 Å². The molecule has 3 rings (SSSR count). The molecule has 20 heavy (non-hydrogen) atoms. The van der Waals surface area contributed by atoms with Crippen molar-refractivity contribution in [2.75, 3.05) is 11.9 Å². The lowest BCUT2D eigenvalue weighted by atomic mass is 9.83. The van der Waals surface area contributed by atoms with Crippen molar-refractivity contribution in [1.29, 1.82) is 0 Å². The van der Waals surface area contributed by atoms with Gasteiger partial charge in [-0.3, -0.25) is 0 Å². The van der Waals surface area contributed by atoms with E-state index in [0.29, 0.717) is 6.54 Å². The summed E-state index contributed by atoms with van der Waals surface area (Å²) >= 11 is 0. The molecule has 110 valence electrons. The van der Waals surface area contributed by atoms with Gasteiger partial charge in [0.2, 0.25) is 0 Å². The highest BCUT2D eigenvalue weighted by Crippen LogP contribution is 2.41. The zero-order valence-electron chi connectivity index (χ0n) is 11.6. The van der Waals surface area contributed by atoms with E-state index in [2.05, 4.69) is 5.32 Å². The summed E-state index contributed by atoms with van der Waals surface area (Å²) in [5, 5.41) is 2.98. The van der Waals surface area contributed by atoms with E-state index in [4.69, 9.17) is 4.74 Å². The third-order valence-corrected chi connectivity index (χ3v) is 4.58. The second-order valence-electron chi connectivity index (χ2n) is 6.00. The van der Waals surface area contributed by atoms with Crippen molar-refractivity contribution in [2.45, 2.75) is 56.7 Å². The van der Waals surface area contributed by atoms with Gasteiger partial charge in [-0.1, -0.05) is 25.3 Å². The third-order valence-electron chi connectivity index (χ3n) is 4.58. The van der Waals surface area contributed by atoms with Gasteiger partial charge in [0.05, 0.1) is 17.4 Å². The standard InChI is InChI=1S/C16H21F2NO/c17-13-5-4-6-14(15(13)18)19-11-12-7-10-16(20-12)8-2-1-3-9-16/h4-6,12,19H,1-3,7-11H2. The molecule has 1 aromatic rings. The Morgan fingerprint density at radius 3 is 2.75 bits per heavy atom. The first-order valence-corrected chi connectivity index (χ1v) is 7.54. The van der Waals surface area contributed by atoms with Crippen LogP contribution in [0.2, 0.25) is 0 Å². The van der Waals surface area contributed by atoms with E-state index in [1.807, 2.05) is 0 Å². The van der Waals surface area contributed by atoms with Gasteiger partial charge < -0.3 is 10.1 Å². The molecule has 1 saturated carbocycles. The monoisotopic (exact) mass is 281 g/mol. The predicted molar refractivity (Wildman–Crippen MR) is 74.8 cm³/mol. The maximum atomic E-state index is 13.5. The number of anilines is 1. The number of hydrogen-bond acceptors (Lipinski definition) is 2. The molecule has 1 atom stereocenters. The molecule has 1 aliphatic carbocycles. The van der Waals surface area contributed by atoms with Crippen LogP contribution in [0.3, 0.4) is 0 Å². The van der Waals surface area contributed by atoms with Gasteiger partial charge >= 0.3 is 0 Å². The van der Waals surface area contributed by atoms with Crippen molar-refractivity contribution >= 4 is 5.69 Å². The molecule has 0 amide bonds. The normalized spacial score (nSPS) is 25.0. The lowest BCUT2D eigenvalue weighted by Gasteiger charge is -2.33. The fourth-order valence-electron chi connectivity index (χ4n) is 3.47. The van der Waals surface area contributed by atoms with Crippen molar-refractivity contribution in [3.8, 4) is 0 Å². The lowest BCUT2D eigenvalue weighted by molar-refractivity contribution is -0.0588. The van der Waals surface area contributed by atoms with Gasteiger partial charge in [0.15, 0.2) is 11.6 Å². The Kier molecular flexibility index (Phi) is 3.92. The van der Waals surface area contributed by atoms with E-state index in [0.717, 1.165) is 31.7 Å². The van der Waals surface area contributed by atoms with E-state index in [1.54, 1.807) is 6.07 Å². The number of halogens is 2. The molecule has 1 heterocycles. The van der Waals surface area contributed by atoms with Crippen LogP contribution in [0.4, 0.5) is 14.5 Å². The summed E-state index contributed by atoms with van der Waals surface area (Å²) in [5.41, 5.74) is 0.295. The van der Waals surface area contributed by atoms with Gasteiger partial charge in [0.1, 0.15) is 0 Å². The van der Waals surface area contributed by atoms with Gasteiger partial charge in [0, 0.05) is 6.54 Å². The van der Waals surface area contributed by atoms with Crippen LogP contribution in [0.5, 0.6) is 0 Å². The molecule has 1 unspecified atom stereocenters. The zero-order chi connectivity index (χ0) is 14.0. The number of benzene rings is 1. The van der Waals surface area contributed by atoms with E-state index >= 15 is 0 Å². The maximum Gasteiger partial charge on any atom is 0.181 e. The smallest absolute Gasteiger partial charge is 0.181 e. The molecular weight excluding hydrogens is 260 g/mol. The average Bonchev–Trinajstić information content (AvgIpc) is 2.84. The minimum atomic E-state index is -0.814. The Labute approximate surface area is 118 Å². The second-order valence-corrected chi connectivity index (χ2v) is 6.00. The molecule has 0 aromatic heterocycles. The van der Waals surface area contributed by atoms with Crippen LogP contribution in [0.15, 0.2) is 18.2 Å². The van der Waals surface area contributed by atoms with Crippen LogP contribution in [0.1, 0.15) is 44.9 Å². The first-order valence-electron chi connectivity index (χ1n) is 7.54. The third kappa shape index (κ3) is 2.80. The molecule has 1 aliphatic heterocycles. The fourth-order valence-corrected chi connectivity index (χ4v) is 3.47. The Balaban J connectivity index is 1.56.